The molecule has 0 atom stereocenters. The van der Waals surface area contributed by atoms with Crippen molar-refractivity contribution < 1.29 is 19.4 Å². The molecule has 160 valence electrons. The van der Waals surface area contributed by atoms with Crippen LogP contribution < -0.4 is 9.47 Å². The summed E-state index contributed by atoms with van der Waals surface area (Å²) in [5, 5.41) is 15.0. The van der Waals surface area contributed by atoms with Gasteiger partial charge in [-0.2, -0.15) is 0 Å². The van der Waals surface area contributed by atoms with E-state index >= 15 is 0 Å². The SMILES string of the molecule is COc1cc(C=Cc2nc(-c3ccccc3O)n(-c3ccccc3)n2)ccc1OC(C)=O. The monoisotopic (exact) mass is 427 g/mol. The van der Waals surface area contributed by atoms with E-state index in [4.69, 9.17) is 9.47 Å². The summed E-state index contributed by atoms with van der Waals surface area (Å²) in [6, 6.07) is 21.8. The zero-order valence-corrected chi connectivity index (χ0v) is 17.6. The number of phenols is 1. The number of hydrogen-bond donors (Lipinski definition) is 1. The van der Waals surface area contributed by atoms with Crippen molar-refractivity contribution in [2.24, 2.45) is 0 Å². The maximum atomic E-state index is 11.2. The van der Waals surface area contributed by atoms with Crippen LogP contribution in [0.25, 0.3) is 29.2 Å². The standard InChI is InChI=1S/C25H21N3O4/c1-17(29)32-22-14-12-18(16-23(22)31-2)13-15-24-26-25(20-10-6-7-11-21(20)30)28(27-24)19-8-4-3-5-9-19/h3-16,30H,1-2H3. The van der Waals surface area contributed by atoms with E-state index in [0.717, 1.165) is 11.3 Å². The summed E-state index contributed by atoms with van der Waals surface area (Å²) in [5.41, 5.74) is 2.22. The predicted molar refractivity (Wildman–Crippen MR) is 122 cm³/mol. The summed E-state index contributed by atoms with van der Waals surface area (Å²) in [6.45, 7) is 1.34. The van der Waals surface area contributed by atoms with Gasteiger partial charge in [0, 0.05) is 6.92 Å². The van der Waals surface area contributed by atoms with Crippen LogP contribution in [0.3, 0.4) is 0 Å². The number of aromatic nitrogens is 3. The summed E-state index contributed by atoms with van der Waals surface area (Å²) >= 11 is 0. The number of carbonyl (C=O) groups is 1. The Hall–Kier alpha value is -4.39. The molecule has 1 aromatic heterocycles. The van der Waals surface area contributed by atoms with Gasteiger partial charge >= 0.3 is 5.97 Å². The summed E-state index contributed by atoms with van der Waals surface area (Å²) < 4.78 is 12.2. The first-order valence-corrected chi connectivity index (χ1v) is 9.90. The molecule has 32 heavy (non-hydrogen) atoms. The first-order valence-electron chi connectivity index (χ1n) is 9.90. The van der Waals surface area contributed by atoms with Crippen LogP contribution in [0, 0.1) is 0 Å². The molecule has 7 nitrogen and oxygen atoms in total. The van der Waals surface area contributed by atoms with Gasteiger partial charge in [-0.05, 0) is 48.0 Å². The van der Waals surface area contributed by atoms with E-state index in [0.29, 0.717) is 28.7 Å². The van der Waals surface area contributed by atoms with Gasteiger partial charge in [0.15, 0.2) is 23.1 Å². The summed E-state index contributed by atoms with van der Waals surface area (Å²) in [4.78, 5) is 15.9. The van der Waals surface area contributed by atoms with Crippen LogP contribution in [0.1, 0.15) is 18.3 Å². The van der Waals surface area contributed by atoms with E-state index in [-0.39, 0.29) is 5.75 Å². The van der Waals surface area contributed by atoms with E-state index < -0.39 is 5.97 Å². The molecule has 0 spiro atoms. The maximum Gasteiger partial charge on any atom is 0.308 e. The first-order chi connectivity index (χ1) is 15.5. The van der Waals surface area contributed by atoms with Crippen molar-refractivity contribution in [2.45, 2.75) is 6.92 Å². The van der Waals surface area contributed by atoms with Gasteiger partial charge in [-0.1, -0.05) is 42.5 Å². The topological polar surface area (TPSA) is 86.5 Å². The Morgan fingerprint density at radius 3 is 2.44 bits per heavy atom. The molecule has 0 radical (unpaired) electrons. The number of para-hydroxylation sites is 2. The van der Waals surface area contributed by atoms with Gasteiger partial charge in [0.25, 0.3) is 0 Å². The average Bonchev–Trinajstić information content (AvgIpc) is 3.23. The second kappa shape index (κ2) is 9.18. The molecule has 0 saturated carbocycles. The van der Waals surface area contributed by atoms with Gasteiger partial charge < -0.3 is 14.6 Å². The van der Waals surface area contributed by atoms with Crippen molar-refractivity contribution >= 4 is 18.1 Å². The Kier molecular flexibility index (Phi) is 5.98. The fourth-order valence-electron chi connectivity index (χ4n) is 3.18. The number of nitrogens with zero attached hydrogens (tertiary/aromatic N) is 3. The first kappa shape index (κ1) is 20.9. The minimum atomic E-state index is -0.418. The third-order valence-electron chi connectivity index (χ3n) is 4.64. The number of carbonyl (C=O) groups excluding carboxylic acids is 1. The minimum absolute atomic E-state index is 0.124. The molecule has 1 heterocycles. The largest absolute Gasteiger partial charge is 0.507 e. The summed E-state index contributed by atoms with van der Waals surface area (Å²) in [7, 11) is 1.51. The van der Waals surface area contributed by atoms with Crippen molar-refractivity contribution in [1.29, 1.82) is 0 Å². The minimum Gasteiger partial charge on any atom is -0.507 e. The number of aromatic hydroxyl groups is 1. The summed E-state index contributed by atoms with van der Waals surface area (Å²) in [6.07, 6.45) is 3.60. The Labute approximate surface area is 185 Å². The maximum absolute atomic E-state index is 11.2. The van der Waals surface area contributed by atoms with Crippen LogP contribution in [-0.4, -0.2) is 33.0 Å². The molecule has 0 bridgehead atoms. The molecular weight excluding hydrogens is 406 g/mol. The lowest BCUT2D eigenvalue weighted by molar-refractivity contribution is -0.132. The fourth-order valence-corrected chi connectivity index (χ4v) is 3.18. The van der Waals surface area contributed by atoms with Gasteiger partial charge in [-0.3, -0.25) is 4.79 Å². The molecule has 3 aromatic carbocycles. The van der Waals surface area contributed by atoms with Crippen molar-refractivity contribution in [2.75, 3.05) is 7.11 Å². The van der Waals surface area contributed by atoms with Crippen LogP contribution in [0.5, 0.6) is 17.2 Å². The number of ether oxygens (including phenoxy) is 2. The molecule has 4 aromatic rings. The molecule has 4 rings (SSSR count). The van der Waals surface area contributed by atoms with Gasteiger partial charge in [0.1, 0.15) is 5.75 Å². The van der Waals surface area contributed by atoms with Gasteiger partial charge in [-0.15, -0.1) is 5.10 Å². The highest BCUT2D eigenvalue weighted by atomic mass is 16.6. The number of esters is 1. The molecule has 0 amide bonds. The molecule has 0 unspecified atom stereocenters. The second-order valence-corrected chi connectivity index (χ2v) is 6.90. The number of hydrogen-bond acceptors (Lipinski definition) is 6. The Morgan fingerprint density at radius 1 is 0.969 bits per heavy atom. The Bertz CT molecular complexity index is 1280. The number of benzene rings is 3. The van der Waals surface area contributed by atoms with Crippen LogP contribution in [0.4, 0.5) is 0 Å². The highest BCUT2D eigenvalue weighted by Gasteiger charge is 2.15. The van der Waals surface area contributed by atoms with E-state index in [2.05, 4.69) is 10.1 Å². The zero-order chi connectivity index (χ0) is 22.5. The van der Waals surface area contributed by atoms with E-state index in [1.807, 2.05) is 42.5 Å². The van der Waals surface area contributed by atoms with E-state index in [1.54, 1.807) is 47.2 Å². The van der Waals surface area contributed by atoms with Crippen molar-refractivity contribution in [3.05, 3.63) is 84.2 Å². The van der Waals surface area contributed by atoms with Crippen LogP contribution in [0.15, 0.2) is 72.8 Å². The molecule has 0 saturated heterocycles. The molecule has 1 N–H and O–H groups in total. The predicted octanol–water partition coefficient (Wildman–Crippen LogP) is 4.74. The highest BCUT2D eigenvalue weighted by molar-refractivity contribution is 5.73. The number of rotatable bonds is 6. The van der Waals surface area contributed by atoms with E-state index in [1.165, 1.54) is 14.0 Å². The zero-order valence-electron chi connectivity index (χ0n) is 17.6. The van der Waals surface area contributed by atoms with Crippen LogP contribution in [0.2, 0.25) is 0 Å². The third-order valence-corrected chi connectivity index (χ3v) is 4.64. The molecule has 0 aliphatic rings. The van der Waals surface area contributed by atoms with Gasteiger partial charge in [-0.25, -0.2) is 9.67 Å². The lowest BCUT2D eigenvalue weighted by Gasteiger charge is -2.08. The number of methoxy groups -OCH3 is 1. The molecule has 0 aliphatic heterocycles. The summed E-state index contributed by atoms with van der Waals surface area (Å²) in [5.74, 6) is 1.50. The van der Waals surface area contributed by atoms with Gasteiger partial charge in [0.2, 0.25) is 0 Å². The van der Waals surface area contributed by atoms with E-state index in [9.17, 15) is 9.90 Å². The molecular formula is C25H21N3O4. The third kappa shape index (κ3) is 4.52. The van der Waals surface area contributed by atoms with Crippen molar-refractivity contribution in [1.82, 2.24) is 14.8 Å². The highest BCUT2D eigenvalue weighted by Crippen LogP contribution is 2.30. The lowest BCUT2D eigenvalue weighted by Crippen LogP contribution is -2.02. The lowest BCUT2D eigenvalue weighted by atomic mass is 10.2. The van der Waals surface area contributed by atoms with Crippen molar-refractivity contribution in [3.8, 4) is 34.3 Å². The number of phenolic OH excluding ortho intramolecular Hbond substituents is 1. The molecule has 7 heteroatoms. The average molecular weight is 427 g/mol. The van der Waals surface area contributed by atoms with Gasteiger partial charge in [0.05, 0.1) is 18.4 Å². The van der Waals surface area contributed by atoms with Crippen molar-refractivity contribution in [3.63, 3.8) is 0 Å². The molecule has 0 aliphatic carbocycles. The Morgan fingerprint density at radius 2 is 1.72 bits per heavy atom. The second-order valence-electron chi connectivity index (χ2n) is 6.90. The fraction of sp³-hybridized carbons (Fsp3) is 0.0800. The smallest absolute Gasteiger partial charge is 0.308 e. The van der Waals surface area contributed by atoms with Crippen LogP contribution in [-0.2, 0) is 4.79 Å². The normalized spacial score (nSPS) is 10.9. The molecule has 0 fully saturated rings. The van der Waals surface area contributed by atoms with Crippen LogP contribution >= 0.6 is 0 Å². The quantitative estimate of drug-likeness (QED) is 0.353. The Balaban J connectivity index is 1.71.